The Morgan fingerprint density at radius 1 is 0.875 bits per heavy atom. The van der Waals surface area contributed by atoms with Crippen molar-refractivity contribution < 1.29 is 13.2 Å². The molecule has 3 aromatic carbocycles. The quantitative estimate of drug-likeness (QED) is 0.389. The van der Waals surface area contributed by atoms with E-state index in [9.17, 15) is 13.2 Å². The molecule has 3 aromatic rings. The lowest BCUT2D eigenvalue weighted by atomic mass is 10.1. The second kappa shape index (κ2) is 10.7. The zero-order valence-electron chi connectivity index (χ0n) is 18.2. The van der Waals surface area contributed by atoms with E-state index >= 15 is 0 Å². The highest BCUT2D eigenvalue weighted by Gasteiger charge is 2.17. The van der Waals surface area contributed by atoms with E-state index in [0.29, 0.717) is 11.3 Å². The van der Waals surface area contributed by atoms with Gasteiger partial charge in [0.2, 0.25) is 10.0 Å². The summed E-state index contributed by atoms with van der Waals surface area (Å²) >= 11 is 0. The molecule has 1 amide bonds. The monoisotopic (exact) mass is 449 g/mol. The molecule has 0 saturated heterocycles. The summed E-state index contributed by atoms with van der Waals surface area (Å²) in [6.45, 7) is 2.07. The lowest BCUT2D eigenvalue weighted by Crippen LogP contribution is -2.29. The van der Waals surface area contributed by atoms with Crippen molar-refractivity contribution in [1.29, 1.82) is 0 Å². The fourth-order valence-corrected chi connectivity index (χ4v) is 4.05. The smallest absolute Gasteiger partial charge is 0.267 e. The Morgan fingerprint density at radius 2 is 1.47 bits per heavy atom. The van der Waals surface area contributed by atoms with Crippen molar-refractivity contribution in [1.82, 2.24) is 5.43 Å². The minimum Gasteiger partial charge on any atom is -0.267 e. The number of sulfonamides is 1. The van der Waals surface area contributed by atoms with Crippen molar-refractivity contribution in [2.24, 2.45) is 5.10 Å². The van der Waals surface area contributed by atoms with Gasteiger partial charge in [-0.25, -0.2) is 13.8 Å². The first-order valence-electron chi connectivity index (χ1n) is 10.3. The van der Waals surface area contributed by atoms with E-state index in [4.69, 9.17) is 0 Å². The maximum atomic E-state index is 12.4. The van der Waals surface area contributed by atoms with Gasteiger partial charge in [0.15, 0.2) is 0 Å². The first-order valence-corrected chi connectivity index (χ1v) is 12.2. The number of anilines is 1. The van der Waals surface area contributed by atoms with Crippen LogP contribution in [0.3, 0.4) is 0 Å². The van der Waals surface area contributed by atoms with Crippen LogP contribution in [-0.2, 0) is 23.0 Å². The second-order valence-corrected chi connectivity index (χ2v) is 9.48. The van der Waals surface area contributed by atoms with Crippen LogP contribution in [0.15, 0.2) is 90.0 Å². The molecule has 7 heteroatoms. The van der Waals surface area contributed by atoms with E-state index in [0.717, 1.165) is 24.1 Å². The van der Waals surface area contributed by atoms with Crippen LogP contribution >= 0.6 is 0 Å². The summed E-state index contributed by atoms with van der Waals surface area (Å²) in [6.07, 6.45) is 2.79. The van der Waals surface area contributed by atoms with Crippen LogP contribution in [-0.4, -0.2) is 26.3 Å². The van der Waals surface area contributed by atoms with E-state index in [-0.39, 0.29) is 12.5 Å². The number of aryl methyl sites for hydroxylation is 1. The zero-order valence-corrected chi connectivity index (χ0v) is 19.0. The van der Waals surface area contributed by atoms with Crippen LogP contribution in [0.4, 0.5) is 5.69 Å². The molecule has 0 spiro atoms. The summed E-state index contributed by atoms with van der Waals surface area (Å²) in [5.74, 6) is -0.307. The number of rotatable bonds is 9. The molecule has 0 radical (unpaired) electrons. The molecule has 0 aliphatic rings. The number of hydrogen-bond donors (Lipinski definition) is 1. The number of hydrogen-bond acceptors (Lipinski definition) is 4. The largest absolute Gasteiger partial charge is 0.271 e. The standard InChI is InChI=1S/C25H27N3O3S/c1-20(13-14-21-9-5-3-6-10-21)26-27-25(29)23-17-15-22(16-18-23)19-28(32(2,30)31)24-11-7-4-8-12-24/h3-12,15-18H,13-14,19H2,1-2H3,(H,27,29)/b26-20+. The summed E-state index contributed by atoms with van der Waals surface area (Å²) in [6, 6.07) is 25.9. The highest BCUT2D eigenvalue weighted by Crippen LogP contribution is 2.20. The second-order valence-electron chi connectivity index (χ2n) is 7.58. The minimum absolute atomic E-state index is 0.182. The number of para-hydroxylation sites is 1. The molecule has 1 N–H and O–H groups in total. The van der Waals surface area contributed by atoms with E-state index in [2.05, 4.69) is 22.7 Å². The number of benzene rings is 3. The molecule has 0 unspecified atom stereocenters. The summed E-state index contributed by atoms with van der Waals surface area (Å²) in [5.41, 5.74) is 6.48. The molecular weight excluding hydrogens is 422 g/mol. The Labute approximate surface area is 189 Å². The fourth-order valence-electron chi connectivity index (χ4n) is 3.16. The van der Waals surface area contributed by atoms with Crippen molar-refractivity contribution in [3.63, 3.8) is 0 Å². The Bertz CT molecular complexity index is 1160. The number of carbonyl (C=O) groups is 1. The molecular formula is C25H27N3O3S. The Hall–Kier alpha value is -3.45. The molecule has 0 aliphatic heterocycles. The van der Waals surface area contributed by atoms with Crippen LogP contribution in [0.5, 0.6) is 0 Å². The minimum atomic E-state index is -3.45. The Morgan fingerprint density at radius 3 is 2.06 bits per heavy atom. The predicted octanol–water partition coefficient (Wildman–Crippen LogP) is 4.39. The molecule has 32 heavy (non-hydrogen) atoms. The maximum Gasteiger partial charge on any atom is 0.271 e. The van der Waals surface area contributed by atoms with E-state index in [1.165, 1.54) is 16.1 Å². The average Bonchev–Trinajstić information content (AvgIpc) is 2.80. The van der Waals surface area contributed by atoms with Crippen molar-refractivity contribution in [2.75, 3.05) is 10.6 Å². The first kappa shape index (κ1) is 23.2. The zero-order chi connectivity index (χ0) is 23.0. The number of hydrazone groups is 1. The molecule has 0 aromatic heterocycles. The van der Waals surface area contributed by atoms with Gasteiger partial charge in [-0.15, -0.1) is 0 Å². The average molecular weight is 450 g/mol. The van der Waals surface area contributed by atoms with Crippen LogP contribution < -0.4 is 9.73 Å². The Kier molecular flexibility index (Phi) is 7.78. The van der Waals surface area contributed by atoms with Crippen LogP contribution in [0.25, 0.3) is 0 Å². The lowest BCUT2D eigenvalue weighted by molar-refractivity contribution is 0.0954. The maximum absolute atomic E-state index is 12.4. The van der Waals surface area contributed by atoms with Gasteiger partial charge in [-0.05, 0) is 55.2 Å². The molecule has 0 aliphatic carbocycles. The molecule has 0 heterocycles. The van der Waals surface area contributed by atoms with Gasteiger partial charge in [-0.3, -0.25) is 9.10 Å². The van der Waals surface area contributed by atoms with Crippen LogP contribution in [0, 0.1) is 0 Å². The number of nitrogens with one attached hydrogen (secondary N) is 1. The van der Waals surface area contributed by atoms with Crippen LogP contribution in [0.1, 0.15) is 34.8 Å². The van der Waals surface area contributed by atoms with Gasteiger partial charge in [0.1, 0.15) is 0 Å². The summed E-state index contributed by atoms with van der Waals surface area (Å²) in [4.78, 5) is 12.4. The van der Waals surface area contributed by atoms with Crippen molar-refractivity contribution >= 4 is 27.3 Å². The van der Waals surface area contributed by atoms with Gasteiger partial charge in [0, 0.05) is 11.3 Å². The first-order chi connectivity index (χ1) is 15.3. The third-order valence-electron chi connectivity index (χ3n) is 4.95. The summed E-state index contributed by atoms with van der Waals surface area (Å²) in [5, 5.41) is 4.19. The van der Waals surface area contributed by atoms with Gasteiger partial charge in [0.25, 0.3) is 5.91 Å². The van der Waals surface area contributed by atoms with Gasteiger partial charge < -0.3 is 0 Å². The third kappa shape index (κ3) is 6.78. The SMILES string of the molecule is C/C(CCc1ccccc1)=N\NC(=O)c1ccc(CN(c2ccccc2)S(C)(=O)=O)cc1. The summed E-state index contributed by atoms with van der Waals surface area (Å²) in [7, 11) is -3.45. The van der Waals surface area contributed by atoms with Gasteiger partial charge >= 0.3 is 0 Å². The summed E-state index contributed by atoms with van der Waals surface area (Å²) < 4.78 is 25.8. The number of amides is 1. The molecule has 0 bridgehead atoms. The van der Waals surface area contributed by atoms with Gasteiger partial charge in [-0.1, -0.05) is 60.7 Å². The van der Waals surface area contributed by atoms with E-state index in [1.807, 2.05) is 31.2 Å². The highest BCUT2D eigenvalue weighted by molar-refractivity contribution is 7.92. The van der Waals surface area contributed by atoms with Gasteiger partial charge in [0.05, 0.1) is 18.5 Å². The molecule has 3 rings (SSSR count). The van der Waals surface area contributed by atoms with Crippen molar-refractivity contribution in [3.8, 4) is 0 Å². The van der Waals surface area contributed by atoms with Crippen molar-refractivity contribution in [3.05, 3.63) is 102 Å². The number of nitrogens with zero attached hydrogens (tertiary/aromatic N) is 2. The van der Waals surface area contributed by atoms with Crippen LogP contribution in [0.2, 0.25) is 0 Å². The van der Waals surface area contributed by atoms with E-state index < -0.39 is 10.0 Å². The van der Waals surface area contributed by atoms with Gasteiger partial charge in [-0.2, -0.15) is 5.10 Å². The highest BCUT2D eigenvalue weighted by atomic mass is 32.2. The lowest BCUT2D eigenvalue weighted by Gasteiger charge is -2.22. The molecule has 166 valence electrons. The fraction of sp³-hybridized carbons (Fsp3) is 0.200. The Balaban J connectivity index is 1.60. The topological polar surface area (TPSA) is 78.8 Å². The number of carbonyl (C=O) groups excluding carboxylic acids is 1. The molecule has 0 saturated carbocycles. The predicted molar refractivity (Wildman–Crippen MR) is 129 cm³/mol. The molecule has 0 fully saturated rings. The normalized spacial score (nSPS) is 11.8. The molecule has 0 atom stereocenters. The third-order valence-corrected chi connectivity index (χ3v) is 6.09. The molecule has 6 nitrogen and oxygen atoms in total. The van der Waals surface area contributed by atoms with Crippen molar-refractivity contribution in [2.45, 2.75) is 26.3 Å². The van der Waals surface area contributed by atoms with E-state index in [1.54, 1.807) is 48.5 Å².